The number of carbonyl (C=O) groups excluding carboxylic acids is 2. The van der Waals surface area contributed by atoms with Gasteiger partial charge in [-0.2, -0.15) is 0 Å². The molecule has 0 bridgehead atoms. The Hall–Kier alpha value is -1.79. The minimum absolute atomic E-state index is 0.0407. The second kappa shape index (κ2) is 7.40. The molecule has 2 amide bonds. The molecular formula is C17H23ClN3O3+. The highest BCUT2D eigenvalue weighted by atomic mass is 35.5. The Morgan fingerprint density at radius 1 is 1.42 bits per heavy atom. The van der Waals surface area contributed by atoms with Crippen LogP contribution in [0.1, 0.15) is 32.1 Å². The second-order valence-corrected chi connectivity index (χ2v) is 6.87. The number of hydrogen-bond donors (Lipinski definition) is 3. The standard InChI is InChI=1S/C17H22ClN3O3/c1-24-15-7-6-10(8-11(15)18)19-16(22)9-14-17(23)21-13-5-3-2-4-12(13)20-14/h6-8,12-14,20H,2-5,9H2,1H3,(H,19,22)(H,21,23)/p+1/t12-,13+,14-/m0/s1. The summed E-state index contributed by atoms with van der Waals surface area (Å²) in [6.45, 7) is 0. The molecule has 4 N–H and O–H groups in total. The van der Waals surface area contributed by atoms with E-state index < -0.39 is 0 Å². The topological polar surface area (TPSA) is 84.0 Å². The van der Waals surface area contributed by atoms with Crippen molar-refractivity contribution in [2.45, 2.75) is 50.2 Å². The summed E-state index contributed by atoms with van der Waals surface area (Å²) in [7, 11) is 1.54. The first-order chi connectivity index (χ1) is 11.6. The van der Waals surface area contributed by atoms with E-state index in [-0.39, 0.29) is 30.3 Å². The van der Waals surface area contributed by atoms with Gasteiger partial charge in [0.1, 0.15) is 11.8 Å². The van der Waals surface area contributed by atoms with Crippen LogP contribution in [0.2, 0.25) is 5.02 Å². The normalized spacial score (nSPS) is 26.2. The lowest BCUT2D eigenvalue weighted by Gasteiger charge is -2.37. The molecule has 3 atom stereocenters. The predicted molar refractivity (Wildman–Crippen MR) is 91.2 cm³/mol. The van der Waals surface area contributed by atoms with Crippen LogP contribution in [0.5, 0.6) is 5.75 Å². The van der Waals surface area contributed by atoms with Crippen molar-refractivity contribution in [3.63, 3.8) is 0 Å². The van der Waals surface area contributed by atoms with Crippen molar-refractivity contribution in [3.8, 4) is 5.75 Å². The van der Waals surface area contributed by atoms with Gasteiger partial charge < -0.3 is 20.7 Å². The summed E-state index contributed by atoms with van der Waals surface area (Å²) in [5, 5.41) is 8.37. The number of piperazine rings is 1. The van der Waals surface area contributed by atoms with Crippen LogP contribution in [0, 0.1) is 0 Å². The van der Waals surface area contributed by atoms with E-state index in [1.54, 1.807) is 18.2 Å². The summed E-state index contributed by atoms with van der Waals surface area (Å²) in [6, 6.07) is 5.35. The van der Waals surface area contributed by atoms with Crippen LogP contribution in [-0.2, 0) is 9.59 Å². The van der Waals surface area contributed by atoms with E-state index in [2.05, 4.69) is 16.0 Å². The Labute approximate surface area is 146 Å². The largest absolute Gasteiger partial charge is 0.495 e. The number of methoxy groups -OCH3 is 1. The number of rotatable bonds is 4. The number of benzene rings is 1. The van der Waals surface area contributed by atoms with E-state index in [4.69, 9.17) is 16.3 Å². The Kier molecular flexibility index (Phi) is 5.26. The molecule has 0 unspecified atom stereocenters. The number of anilines is 1. The van der Waals surface area contributed by atoms with E-state index in [1.165, 1.54) is 20.0 Å². The van der Waals surface area contributed by atoms with Crippen LogP contribution in [0.15, 0.2) is 18.2 Å². The average molecular weight is 353 g/mol. The van der Waals surface area contributed by atoms with Crippen LogP contribution >= 0.6 is 11.6 Å². The molecular weight excluding hydrogens is 330 g/mol. The molecule has 1 aliphatic heterocycles. The van der Waals surface area contributed by atoms with Crippen molar-refractivity contribution in [3.05, 3.63) is 23.2 Å². The van der Waals surface area contributed by atoms with Crippen LogP contribution in [0.3, 0.4) is 0 Å². The first-order valence-corrected chi connectivity index (χ1v) is 8.73. The molecule has 0 radical (unpaired) electrons. The molecule has 2 aliphatic rings. The van der Waals surface area contributed by atoms with Crippen molar-refractivity contribution in [2.75, 3.05) is 12.4 Å². The SMILES string of the molecule is COc1ccc(NC(=O)C[C@@H]2[NH2+][C@H]3CCCC[C@H]3NC2=O)cc1Cl. The fourth-order valence-corrected chi connectivity index (χ4v) is 3.82. The lowest BCUT2D eigenvalue weighted by molar-refractivity contribution is -0.718. The van der Waals surface area contributed by atoms with E-state index in [0.29, 0.717) is 22.5 Å². The van der Waals surface area contributed by atoms with E-state index in [0.717, 1.165) is 12.8 Å². The number of amides is 2. The average Bonchev–Trinajstić information content (AvgIpc) is 2.55. The molecule has 0 spiro atoms. The summed E-state index contributed by atoms with van der Waals surface area (Å²) in [6.07, 6.45) is 4.64. The minimum Gasteiger partial charge on any atom is -0.495 e. The Bertz CT molecular complexity index is 638. The third kappa shape index (κ3) is 3.82. The van der Waals surface area contributed by atoms with Gasteiger partial charge in [0.05, 0.1) is 24.6 Å². The molecule has 1 saturated heterocycles. The molecule has 1 heterocycles. The number of fused-ring (bicyclic) bond motifs is 1. The number of ether oxygens (including phenoxy) is 1. The highest BCUT2D eigenvalue weighted by molar-refractivity contribution is 6.32. The van der Waals surface area contributed by atoms with Gasteiger partial charge in [-0.05, 0) is 31.0 Å². The molecule has 0 aromatic heterocycles. The maximum absolute atomic E-state index is 12.3. The van der Waals surface area contributed by atoms with Crippen LogP contribution in [-0.4, -0.2) is 37.0 Å². The van der Waals surface area contributed by atoms with Gasteiger partial charge in [0, 0.05) is 12.1 Å². The van der Waals surface area contributed by atoms with E-state index in [9.17, 15) is 9.59 Å². The number of halogens is 1. The first kappa shape index (κ1) is 17.0. The quantitative estimate of drug-likeness (QED) is 0.757. The molecule has 130 valence electrons. The zero-order valence-electron chi connectivity index (χ0n) is 13.7. The first-order valence-electron chi connectivity index (χ1n) is 8.35. The van der Waals surface area contributed by atoms with Gasteiger partial charge in [0.2, 0.25) is 5.91 Å². The molecule has 1 aromatic rings. The predicted octanol–water partition coefficient (Wildman–Crippen LogP) is 1.05. The zero-order chi connectivity index (χ0) is 17.1. The molecule has 6 nitrogen and oxygen atoms in total. The molecule has 3 rings (SSSR count). The summed E-state index contributed by atoms with van der Waals surface area (Å²) >= 11 is 6.06. The van der Waals surface area contributed by atoms with Crippen molar-refractivity contribution in [1.29, 1.82) is 0 Å². The number of quaternary nitrogens is 1. The molecule has 1 saturated carbocycles. The summed E-state index contributed by atoms with van der Waals surface area (Å²) in [5.74, 6) is 0.320. The van der Waals surface area contributed by atoms with Crippen LogP contribution in [0.4, 0.5) is 5.69 Å². The zero-order valence-corrected chi connectivity index (χ0v) is 14.4. The van der Waals surface area contributed by atoms with Gasteiger partial charge in [-0.1, -0.05) is 18.0 Å². The van der Waals surface area contributed by atoms with Crippen molar-refractivity contribution in [1.82, 2.24) is 5.32 Å². The molecule has 1 aliphatic carbocycles. The summed E-state index contributed by atoms with van der Waals surface area (Å²) in [4.78, 5) is 24.5. The monoisotopic (exact) mass is 352 g/mol. The number of carbonyl (C=O) groups is 2. The van der Waals surface area contributed by atoms with Gasteiger partial charge in [-0.25, -0.2) is 0 Å². The van der Waals surface area contributed by atoms with Gasteiger partial charge in [-0.15, -0.1) is 0 Å². The van der Waals surface area contributed by atoms with Crippen molar-refractivity contribution >= 4 is 29.1 Å². The van der Waals surface area contributed by atoms with Crippen LogP contribution in [0.25, 0.3) is 0 Å². The van der Waals surface area contributed by atoms with E-state index >= 15 is 0 Å². The second-order valence-electron chi connectivity index (χ2n) is 6.46. The van der Waals surface area contributed by atoms with Gasteiger partial charge in [-0.3, -0.25) is 9.59 Å². The number of hydrogen-bond acceptors (Lipinski definition) is 3. The fraction of sp³-hybridized carbons (Fsp3) is 0.529. The molecule has 2 fully saturated rings. The minimum atomic E-state index is -0.363. The fourth-order valence-electron chi connectivity index (χ4n) is 3.56. The van der Waals surface area contributed by atoms with Gasteiger partial charge in [0.25, 0.3) is 5.91 Å². The molecule has 24 heavy (non-hydrogen) atoms. The molecule has 7 heteroatoms. The van der Waals surface area contributed by atoms with Gasteiger partial charge >= 0.3 is 0 Å². The molecule has 1 aromatic carbocycles. The number of nitrogens with one attached hydrogen (secondary N) is 2. The van der Waals surface area contributed by atoms with Gasteiger partial charge in [0.15, 0.2) is 6.04 Å². The van der Waals surface area contributed by atoms with Crippen molar-refractivity contribution < 1.29 is 19.6 Å². The third-order valence-corrected chi connectivity index (χ3v) is 5.10. The maximum atomic E-state index is 12.3. The summed E-state index contributed by atoms with van der Waals surface area (Å²) < 4.78 is 5.09. The van der Waals surface area contributed by atoms with Crippen molar-refractivity contribution in [2.24, 2.45) is 0 Å². The Morgan fingerprint density at radius 3 is 2.96 bits per heavy atom. The Balaban J connectivity index is 1.58. The third-order valence-electron chi connectivity index (χ3n) is 4.80. The smallest absolute Gasteiger partial charge is 0.279 e. The lowest BCUT2D eigenvalue weighted by atomic mass is 9.87. The van der Waals surface area contributed by atoms with E-state index in [1.807, 2.05) is 0 Å². The van der Waals surface area contributed by atoms with Crippen LogP contribution < -0.4 is 20.7 Å². The highest BCUT2D eigenvalue weighted by Gasteiger charge is 2.40. The Morgan fingerprint density at radius 2 is 2.21 bits per heavy atom. The number of nitrogens with two attached hydrogens (primary N) is 1. The lowest BCUT2D eigenvalue weighted by Crippen LogP contribution is -3.03. The summed E-state index contributed by atoms with van der Waals surface area (Å²) in [5.41, 5.74) is 0.595. The highest BCUT2D eigenvalue weighted by Crippen LogP contribution is 2.27. The maximum Gasteiger partial charge on any atom is 0.279 e.